The lowest BCUT2D eigenvalue weighted by atomic mass is 10.00. The van der Waals surface area contributed by atoms with E-state index in [0.29, 0.717) is 27.1 Å². The number of aliphatic hydroxyl groups is 1. The van der Waals surface area contributed by atoms with Gasteiger partial charge in [-0.3, -0.25) is 4.68 Å². The van der Waals surface area contributed by atoms with E-state index >= 15 is 0 Å². The Labute approximate surface area is 194 Å². The molecule has 1 aromatic carbocycles. The summed E-state index contributed by atoms with van der Waals surface area (Å²) < 4.78 is 19.7. The number of nitriles is 1. The minimum Gasteiger partial charge on any atom is -0.615 e. The minimum absolute atomic E-state index is 0.0536. The van der Waals surface area contributed by atoms with E-state index in [1.165, 1.54) is 11.8 Å². The number of aryl methyl sites for hydroxylation is 1. The molecule has 1 unspecified atom stereocenters. The van der Waals surface area contributed by atoms with Crippen LogP contribution in [-0.4, -0.2) is 48.0 Å². The summed E-state index contributed by atoms with van der Waals surface area (Å²) in [4.78, 5) is 4.75. The van der Waals surface area contributed by atoms with Crippen molar-refractivity contribution in [1.82, 2.24) is 14.8 Å². The molecular formula is C23H24N4O3S2. The molecule has 32 heavy (non-hydrogen) atoms. The summed E-state index contributed by atoms with van der Waals surface area (Å²) in [6.07, 6.45) is 6.78. The monoisotopic (exact) mass is 468 g/mol. The van der Waals surface area contributed by atoms with Crippen LogP contribution in [0.25, 0.3) is 22.4 Å². The predicted molar refractivity (Wildman–Crippen MR) is 126 cm³/mol. The first-order chi connectivity index (χ1) is 15.6. The molecule has 2 heterocycles. The molecule has 1 atom stereocenters. The molecular weight excluding hydrogens is 444 g/mol. The number of nitrogens with zero attached hydrogens (tertiary/aromatic N) is 4. The SMILES string of the molecule is Cn1cc(-c2cc(-c3ccc(OCCO)cc3)c(C#N)c(SC[S+]([O-])C3CCC3)n2)cn1. The van der Waals surface area contributed by atoms with Crippen molar-refractivity contribution in [3.8, 4) is 34.2 Å². The molecule has 9 heteroatoms. The molecule has 1 saturated carbocycles. The quantitative estimate of drug-likeness (QED) is 0.376. The average Bonchev–Trinajstić information content (AvgIpc) is 3.21. The molecule has 166 valence electrons. The van der Waals surface area contributed by atoms with Crippen molar-refractivity contribution < 1.29 is 14.4 Å². The van der Waals surface area contributed by atoms with Crippen molar-refractivity contribution in [3.63, 3.8) is 0 Å². The molecule has 0 saturated heterocycles. The zero-order valence-electron chi connectivity index (χ0n) is 17.7. The fourth-order valence-corrected chi connectivity index (χ4v) is 6.40. The Morgan fingerprint density at radius 3 is 2.69 bits per heavy atom. The maximum atomic E-state index is 12.6. The van der Waals surface area contributed by atoms with E-state index in [4.69, 9.17) is 14.8 Å². The molecule has 0 amide bonds. The van der Waals surface area contributed by atoms with Crippen molar-refractivity contribution in [2.45, 2.75) is 29.5 Å². The molecule has 1 N–H and O–H groups in total. The number of hydrogen-bond acceptors (Lipinski definition) is 7. The third-order valence-electron chi connectivity index (χ3n) is 5.36. The van der Waals surface area contributed by atoms with Crippen LogP contribution >= 0.6 is 11.8 Å². The number of aromatic nitrogens is 3. The highest BCUT2D eigenvalue weighted by Crippen LogP contribution is 2.36. The van der Waals surface area contributed by atoms with E-state index in [-0.39, 0.29) is 18.5 Å². The molecule has 3 aromatic rings. The highest BCUT2D eigenvalue weighted by molar-refractivity contribution is 8.12. The summed E-state index contributed by atoms with van der Waals surface area (Å²) in [5.41, 5.74) is 3.64. The molecule has 2 aromatic heterocycles. The molecule has 0 radical (unpaired) electrons. The van der Waals surface area contributed by atoms with E-state index in [0.717, 1.165) is 36.0 Å². The summed E-state index contributed by atoms with van der Waals surface area (Å²) in [6.45, 7) is 0.171. The van der Waals surface area contributed by atoms with Crippen LogP contribution in [0.15, 0.2) is 47.8 Å². The number of benzene rings is 1. The Bertz CT molecular complexity index is 1110. The van der Waals surface area contributed by atoms with Gasteiger partial charge in [0.05, 0.1) is 24.1 Å². The number of aliphatic hydroxyl groups excluding tert-OH is 1. The summed E-state index contributed by atoms with van der Waals surface area (Å²) in [6, 6.07) is 11.6. The second-order valence-electron chi connectivity index (χ2n) is 7.54. The lowest BCUT2D eigenvalue weighted by Crippen LogP contribution is -2.29. The van der Waals surface area contributed by atoms with Crippen LogP contribution in [0.1, 0.15) is 24.8 Å². The van der Waals surface area contributed by atoms with Crippen molar-refractivity contribution in [3.05, 3.63) is 48.3 Å². The van der Waals surface area contributed by atoms with E-state index in [1.807, 2.05) is 43.6 Å². The largest absolute Gasteiger partial charge is 0.615 e. The standard InChI is InChI=1S/C23H24N4O3S2/c1-27-14-17(13-25-27)22-11-20(16-5-7-18(8-6-16)30-10-9-28)21(12-24)23(26-22)31-15-32(29)19-3-2-4-19/h5-8,11,13-14,19,28H,2-4,9-10,15H2,1H3. The summed E-state index contributed by atoms with van der Waals surface area (Å²) in [5, 5.41) is 24.4. The average molecular weight is 469 g/mol. The molecule has 7 nitrogen and oxygen atoms in total. The Morgan fingerprint density at radius 1 is 1.31 bits per heavy atom. The van der Waals surface area contributed by atoms with Gasteiger partial charge in [0.25, 0.3) is 0 Å². The summed E-state index contributed by atoms with van der Waals surface area (Å²) in [5.74, 6) is 0.647. The predicted octanol–water partition coefficient (Wildman–Crippen LogP) is 3.74. The minimum atomic E-state index is -0.933. The van der Waals surface area contributed by atoms with Crippen LogP contribution in [0, 0.1) is 11.3 Å². The second kappa shape index (κ2) is 10.4. The number of hydrogen-bond donors (Lipinski definition) is 1. The lowest BCUT2D eigenvalue weighted by Gasteiger charge is -2.27. The van der Waals surface area contributed by atoms with E-state index in [2.05, 4.69) is 11.2 Å². The first kappa shape index (κ1) is 22.7. The fraction of sp³-hybridized carbons (Fsp3) is 0.348. The van der Waals surface area contributed by atoms with Crippen molar-refractivity contribution in [2.24, 2.45) is 7.05 Å². The molecule has 0 aliphatic heterocycles. The zero-order chi connectivity index (χ0) is 22.5. The van der Waals surface area contributed by atoms with Crippen molar-refractivity contribution in [2.75, 3.05) is 18.3 Å². The Hall–Kier alpha value is -2.51. The third-order valence-corrected chi connectivity index (χ3v) is 8.54. The van der Waals surface area contributed by atoms with Gasteiger partial charge in [-0.15, -0.1) is 0 Å². The van der Waals surface area contributed by atoms with Crippen LogP contribution in [0.3, 0.4) is 0 Å². The number of thioether (sulfide) groups is 1. The Balaban J connectivity index is 1.70. The topological polar surface area (TPSA) is 107 Å². The van der Waals surface area contributed by atoms with E-state index in [9.17, 15) is 9.81 Å². The highest BCUT2D eigenvalue weighted by Gasteiger charge is 2.29. The van der Waals surface area contributed by atoms with Crippen LogP contribution in [0.2, 0.25) is 0 Å². The third kappa shape index (κ3) is 5.10. The summed E-state index contributed by atoms with van der Waals surface area (Å²) >= 11 is 0.449. The maximum Gasteiger partial charge on any atom is 0.157 e. The van der Waals surface area contributed by atoms with Crippen LogP contribution in [-0.2, 0) is 18.2 Å². The molecule has 1 aliphatic carbocycles. The zero-order valence-corrected chi connectivity index (χ0v) is 19.4. The van der Waals surface area contributed by atoms with Gasteiger partial charge in [0.15, 0.2) is 5.08 Å². The Kier molecular flexibility index (Phi) is 7.37. The normalized spacial score (nSPS) is 14.6. The molecule has 0 spiro atoms. The second-order valence-corrected chi connectivity index (χ2v) is 10.6. The van der Waals surface area contributed by atoms with Gasteiger partial charge in [0, 0.05) is 24.4 Å². The number of ether oxygens (including phenoxy) is 1. The first-order valence-electron chi connectivity index (χ1n) is 10.4. The fourth-order valence-electron chi connectivity index (χ4n) is 3.40. The Morgan fingerprint density at radius 2 is 2.09 bits per heavy atom. The van der Waals surface area contributed by atoms with Gasteiger partial charge in [-0.2, -0.15) is 10.4 Å². The van der Waals surface area contributed by atoms with Gasteiger partial charge in [-0.1, -0.05) is 23.9 Å². The van der Waals surface area contributed by atoms with Gasteiger partial charge in [0.2, 0.25) is 0 Å². The molecule has 4 rings (SSSR count). The smallest absolute Gasteiger partial charge is 0.157 e. The van der Waals surface area contributed by atoms with E-state index < -0.39 is 11.2 Å². The van der Waals surface area contributed by atoms with Crippen molar-refractivity contribution in [1.29, 1.82) is 5.26 Å². The number of rotatable bonds is 9. The van der Waals surface area contributed by atoms with Crippen molar-refractivity contribution >= 4 is 22.9 Å². The molecule has 1 aliphatic rings. The van der Waals surface area contributed by atoms with Gasteiger partial charge in [0.1, 0.15) is 28.7 Å². The molecule has 0 bridgehead atoms. The van der Waals surface area contributed by atoms with Gasteiger partial charge < -0.3 is 14.4 Å². The van der Waals surface area contributed by atoms with Gasteiger partial charge >= 0.3 is 0 Å². The first-order valence-corrected chi connectivity index (χ1v) is 12.7. The van der Waals surface area contributed by atoms with E-state index in [1.54, 1.807) is 10.9 Å². The lowest BCUT2D eigenvalue weighted by molar-refractivity contribution is 0.201. The van der Waals surface area contributed by atoms with Gasteiger partial charge in [-0.25, -0.2) is 4.98 Å². The van der Waals surface area contributed by atoms with Crippen LogP contribution in [0.4, 0.5) is 0 Å². The maximum absolute atomic E-state index is 12.6. The number of pyridine rings is 1. The van der Waals surface area contributed by atoms with Crippen LogP contribution < -0.4 is 4.74 Å². The van der Waals surface area contributed by atoms with Gasteiger partial charge in [-0.05, 0) is 54.2 Å². The highest BCUT2D eigenvalue weighted by atomic mass is 32.3. The van der Waals surface area contributed by atoms with Crippen LogP contribution in [0.5, 0.6) is 5.75 Å². The summed E-state index contributed by atoms with van der Waals surface area (Å²) in [7, 11) is 1.84. The molecule has 1 fully saturated rings.